The average molecular weight is 283 g/mol. The average Bonchev–Trinajstić information content (AvgIpc) is 2.48. The molecule has 0 fully saturated rings. The van der Waals surface area contributed by atoms with Crippen molar-refractivity contribution in [3.63, 3.8) is 0 Å². The van der Waals surface area contributed by atoms with E-state index in [0.29, 0.717) is 11.1 Å². The third-order valence-corrected chi connectivity index (χ3v) is 2.94. The van der Waals surface area contributed by atoms with E-state index in [4.69, 9.17) is 10.5 Å². The Balaban J connectivity index is 2.02. The van der Waals surface area contributed by atoms with Gasteiger partial charge in [-0.15, -0.1) is 0 Å². The van der Waals surface area contributed by atoms with Gasteiger partial charge in [0, 0.05) is 5.56 Å². The lowest BCUT2D eigenvalue weighted by Gasteiger charge is -2.24. The Hall–Kier alpha value is -2.46. The second kappa shape index (κ2) is 6.33. The Bertz CT molecular complexity index is 565. The highest BCUT2D eigenvalue weighted by atomic mass is 16.6. The predicted molar refractivity (Wildman–Crippen MR) is 79.8 cm³/mol. The van der Waals surface area contributed by atoms with Crippen molar-refractivity contribution >= 4 is 11.8 Å². The SMILES string of the molecule is CC(N)(CC(=O)c1ccccc1)OC(=O)c1ccccc1. The van der Waals surface area contributed by atoms with Crippen LogP contribution >= 0.6 is 0 Å². The first-order valence-corrected chi connectivity index (χ1v) is 6.63. The molecule has 2 aromatic carbocycles. The third kappa shape index (κ3) is 4.26. The van der Waals surface area contributed by atoms with Crippen LogP contribution in [0, 0.1) is 0 Å². The van der Waals surface area contributed by atoms with Crippen LogP contribution in [-0.4, -0.2) is 17.5 Å². The van der Waals surface area contributed by atoms with Gasteiger partial charge in [0.15, 0.2) is 11.5 Å². The van der Waals surface area contributed by atoms with Gasteiger partial charge in [-0.05, 0) is 19.1 Å². The van der Waals surface area contributed by atoms with Crippen molar-refractivity contribution in [1.82, 2.24) is 0 Å². The lowest BCUT2D eigenvalue weighted by atomic mass is 10.0. The van der Waals surface area contributed by atoms with E-state index in [-0.39, 0.29) is 12.2 Å². The van der Waals surface area contributed by atoms with Crippen LogP contribution in [0.4, 0.5) is 0 Å². The van der Waals surface area contributed by atoms with Gasteiger partial charge in [-0.1, -0.05) is 48.5 Å². The number of ketones is 1. The molecule has 1 unspecified atom stereocenters. The number of hydrogen-bond acceptors (Lipinski definition) is 4. The molecule has 0 amide bonds. The Morgan fingerprint density at radius 3 is 1.95 bits per heavy atom. The lowest BCUT2D eigenvalue weighted by Crippen LogP contribution is -2.43. The molecule has 0 aliphatic rings. The summed E-state index contributed by atoms with van der Waals surface area (Å²) in [6.45, 7) is 1.52. The second-order valence-electron chi connectivity index (χ2n) is 5.03. The molecule has 0 saturated heterocycles. The highest BCUT2D eigenvalue weighted by Crippen LogP contribution is 2.15. The minimum atomic E-state index is -1.35. The number of nitrogens with two attached hydrogens (primary N) is 1. The van der Waals surface area contributed by atoms with E-state index in [9.17, 15) is 9.59 Å². The number of ether oxygens (including phenoxy) is 1. The fourth-order valence-electron chi connectivity index (χ4n) is 1.93. The van der Waals surface area contributed by atoms with Crippen LogP contribution in [0.15, 0.2) is 60.7 Å². The topological polar surface area (TPSA) is 69.4 Å². The van der Waals surface area contributed by atoms with Crippen molar-refractivity contribution in [3.8, 4) is 0 Å². The molecule has 108 valence electrons. The Kier molecular flexibility index (Phi) is 4.50. The summed E-state index contributed by atoms with van der Waals surface area (Å²) in [5.41, 5.74) is 5.53. The van der Waals surface area contributed by atoms with Gasteiger partial charge < -0.3 is 4.74 Å². The van der Waals surface area contributed by atoms with Crippen LogP contribution in [0.25, 0.3) is 0 Å². The zero-order chi connectivity index (χ0) is 15.3. The summed E-state index contributed by atoms with van der Waals surface area (Å²) in [7, 11) is 0. The van der Waals surface area contributed by atoms with Crippen molar-refractivity contribution in [2.75, 3.05) is 0 Å². The van der Waals surface area contributed by atoms with Crippen LogP contribution in [0.5, 0.6) is 0 Å². The highest BCUT2D eigenvalue weighted by molar-refractivity contribution is 5.97. The molecule has 4 nitrogen and oxygen atoms in total. The minimum absolute atomic E-state index is 0.0738. The van der Waals surface area contributed by atoms with Crippen molar-refractivity contribution < 1.29 is 14.3 Å². The van der Waals surface area contributed by atoms with Gasteiger partial charge in [0.25, 0.3) is 0 Å². The monoisotopic (exact) mass is 283 g/mol. The van der Waals surface area contributed by atoms with Crippen molar-refractivity contribution in [2.45, 2.75) is 19.1 Å². The van der Waals surface area contributed by atoms with Crippen LogP contribution in [0.2, 0.25) is 0 Å². The molecule has 0 aromatic heterocycles. The summed E-state index contributed by atoms with van der Waals surface area (Å²) in [4.78, 5) is 24.1. The molecule has 2 N–H and O–H groups in total. The first kappa shape index (κ1) is 14.9. The molecule has 0 aliphatic heterocycles. The zero-order valence-electron chi connectivity index (χ0n) is 11.8. The number of Topliss-reactive ketones (excluding diaryl/α,β-unsaturated/α-hetero) is 1. The molecule has 0 radical (unpaired) electrons. The van der Waals surface area contributed by atoms with E-state index in [1.807, 2.05) is 6.07 Å². The standard InChI is InChI=1S/C17H17NO3/c1-17(18,12-15(19)13-8-4-2-5-9-13)21-16(20)14-10-6-3-7-11-14/h2-11H,12,18H2,1H3. The van der Waals surface area contributed by atoms with Gasteiger partial charge in [0.05, 0.1) is 12.0 Å². The van der Waals surface area contributed by atoms with Gasteiger partial charge in [-0.25, -0.2) is 4.79 Å². The molecular weight excluding hydrogens is 266 g/mol. The maximum atomic E-state index is 12.1. The van der Waals surface area contributed by atoms with E-state index in [0.717, 1.165) is 0 Å². The Labute approximate surface area is 123 Å². The third-order valence-electron chi connectivity index (χ3n) is 2.94. The first-order valence-electron chi connectivity index (χ1n) is 6.63. The summed E-state index contributed by atoms with van der Waals surface area (Å²) < 4.78 is 5.23. The lowest BCUT2D eigenvalue weighted by molar-refractivity contribution is -0.00767. The van der Waals surface area contributed by atoms with Gasteiger partial charge in [0.1, 0.15) is 0 Å². The van der Waals surface area contributed by atoms with Crippen LogP contribution in [0.3, 0.4) is 0 Å². The molecule has 0 bridgehead atoms. The fraction of sp³-hybridized carbons (Fsp3) is 0.176. The zero-order valence-corrected chi connectivity index (χ0v) is 11.8. The fourth-order valence-corrected chi connectivity index (χ4v) is 1.93. The highest BCUT2D eigenvalue weighted by Gasteiger charge is 2.28. The number of carbonyl (C=O) groups is 2. The van der Waals surface area contributed by atoms with E-state index in [1.54, 1.807) is 54.6 Å². The van der Waals surface area contributed by atoms with Gasteiger partial charge in [-0.3, -0.25) is 10.5 Å². The molecule has 0 heterocycles. The summed E-state index contributed by atoms with van der Waals surface area (Å²) in [5.74, 6) is -0.706. The van der Waals surface area contributed by atoms with Gasteiger partial charge in [-0.2, -0.15) is 0 Å². The van der Waals surface area contributed by atoms with Crippen molar-refractivity contribution in [1.29, 1.82) is 0 Å². The first-order chi connectivity index (χ1) is 9.98. The quantitative estimate of drug-likeness (QED) is 0.520. The molecule has 4 heteroatoms. The number of rotatable bonds is 5. The summed E-state index contributed by atoms with van der Waals surface area (Å²) >= 11 is 0. The van der Waals surface area contributed by atoms with E-state index >= 15 is 0 Å². The van der Waals surface area contributed by atoms with Crippen LogP contribution < -0.4 is 5.73 Å². The molecule has 2 aromatic rings. The number of esters is 1. The maximum Gasteiger partial charge on any atom is 0.339 e. The molecule has 2 rings (SSSR count). The van der Waals surface area contributed by atoms with E-state index in [1.165, 1.54) is 6.92 Å². The normalized spacial score (nSPS) is 13.2. The van der Waals surface area contributed by atoms with E-state index in [2.05, 4.69) is 0 Å². The molecular formula is C17H17NO3. The van der Waals surface area contributed by atoms with Crippen LogP contribution in [-0.2, 0) is 4.74 Å². The number of hydrogen-bond donors (Lipinski definition) is 1. The Morgan fingerprint density at radius 1 is 0.952 bits per heavy atom. The molecule has 0 aliphatic carbocycles. The van der Waals surface area contributed by atoms with Crippen molar-refractivity contribution in [2.24, 2.45) is 5.73 Å². The van der Waals surface area contributed by atoms with Gasteiger partial charge in [0.2, 0.25) is 0 Å². The Morgan fingerprint density at radius 2 is 1.43 bits per heavy atom. The summed E-state index contributed by atoms with van der Waals surface area (Å²) in [6, 6.07) is 17.3. The minimum Gasteiger partial charge on any atom is -0.440 e. The number of benzene rings is 2. The maximum absolute atomic E-state index is 12.1. The van der Waals surface area contributed by atoms with Crippen LogP contribution in [0.1, 0.15) is 34.1 Å². The molecule has 0 spiro atoms. The largest absolute Gasteiger partial charge is 0.440 e. The predicted octanol–water partition coefficient (Wildman–Crippen LogP) is 2.79. The molecule has 21 heavy (non-hydrogen) atoms. The smallest absolute Gasteiger partial charge is 0.339 e. The van der Waals surface area contributed by atoms with E-state index < -0.39 is 11.7 Å². The van der Waals surface area contributed by atoms with Crippen molar-refractivity contribution in [3.05, 3.63) is 71.8 Å². The second-order valence-corrected chi connectivity index (χ2v) is 5.03. The summed E-state index contributed by atoms with van der Waals surface area (Å²) in [5, 5.41) is 0. The molecule has 0 saturated carbocycles. The summed E-state index contributed by atoms with van der Waals surface area (Å²) in [6.07, 6.45) is -0.0738. The van der Waals surface area contributed by atoms with Gasteiger partial charge >= 0.3 is 5.97 Å². The molecule has 1 atom stereocenters. The number of carbonyl (C=O) groups excluding carboxylic acids is 2.